The van der Waals surface area contributed by atoms with Crippen LogP contribution in [0.2, 0.25) is 0 Å². The molecule has 250 valence electrons. The van der Waals surface area contributed by atoms with Gasteiger partial charge < -0.3 is 30.1 Å². The van der Waals surface area contributed by atoms with E-state index in [-0.39, 0.29) is 48.2 Å². The molecule has 0 aromatic heterocycles. The molecule has 0 saturated carbocycles. The van der Waals surface area contributed by atoms with Gasteiger partial charge in [0.2, 0.25) is 10.0 Å². The van der Waals surface area contributed by atoms with Gasteiger partial charge in [-0.2, -0.15) is 4.31 Å². The van der Waals surface area contributed by atoms with E-state index in [0.29, 0.717) is 30.9 Å². The molecule has 2 aromatic carbocycles. The maximum Gasteiger partial charge on any atom is 0.319 e. The maximum absolute atomic E-state index is 14.2. The zero-order chi connectivity index (χ0) is 33.3. The zero-order valence-electron chi connectivity index (χ0n) is 27.0. The summed E-state index contributed by atoms with van der Waals surface area (Å²) in [6.07, 6.45) is 1.34. The number of rotatable bonds is 8. The zero-order valence-corrected chi connectivity index (χ0v) is 27.8. The van der Waals surface area contributed by atoms with Crippen LogP contribution in [0.25, 0.3) is 0 Å². The van der Waals surface area contributed by atoms with Crippen molar-refractivity contribution in [3.05, 3.63) is 53.8 Å². The van der Waals surface area contributed by atoms with Gasteiger partial charge in [-0.05, 0) is 89.4 Å². The normalized spacial score (nSPS) is 21.1. The lowest BCUT2D eigenvalue weighted by molar-refractivity contribution is -0.00834. The quantitative estimate of drug-likeness (QED) is 0.383. The second kappa shape index (κ2) is 16.3. The van der Waals surface area contributed by atoms with Gasteiger partial charge in [0, 0.05) is 44.4 Å². The van der Waals surface area contributed by atoms with E-state index >= 15 is 0 Å². The number of hydrogen-bond acceptors (Lipinski definition) is 7. The van der Waals surface area contributed by atoms with E-state index in [4.69, 9.17) is 9.47 Å². The fourth-order valence-electron chi connectivity index (χ4n) is 5.03. The van der Waals surface area contributed by atoms with Gasteiger partial charge in [-0.25, -0.2) is 17.6 Å². The van der Waals surface area contributed by atoms with E-state index < -0.39 is 39.9 Å². The third-order valence-electron chi connectivity index (χ3n) is 7.69. The minimum atomic E-state index is -3.94. The number of carbonyl (C=O) groups excluding carboxylic acids is 2. The first-order valence-corrected chi connectivity index (χ1v) is 16.8. The number of likely N-dealkylation sites (N-methyl/N-ethyl adjacent to an activating group) is 1. The number of sulfonamides is 1. The van der Waals surface area contributed by atoms with Gasteiger partial charge in [-0.1, -0.05) is 6.92 Å². The van der Waals surface area contributed by atoms with Gasteiger partial charge in [0.05, 0.1) is 35.3 Å². The Morgan fingerprint density at radius 3 is 2.47 bits per heavy atom. The minimum Gasteiger partial charge on any atom is -0.490 e. The lowest BCUT2D eigenvalue weighted by atomic mass is 10.0. The number of urea groups is 1. The van der Waals surface area contributed by atoms with Gasteiger partial charge in [0.25, 0.3) is 5.91 Å². The number of halogens is 1. The molecule has 0 radical (unpaired) electrons. The maximum atomic E-state index is 14.2. The molecule has 3 amide bonds. The Bertz CT molecular complexity index is 1390. The number of amides is 3. The summed E-state index contributed by atoms with van der Waals surface area (Å²) in [4.78, 5) is 28.1. The Morgan fingerprint density at radius 2 is 1.82 bits per heavy atom. The van der Waals surface area contributed by atoms with Crippen LogP contribution in [0, 0.1) is 11.7 Å². The second-order valence-corrected chi connectivity index (χ2v) is 14.0. The molecular formula is C32H47FN4O7S. The fraction of sp³-hybridized carbons (Fsp3) is 0.562. The van der Waals surface area contributed by atoms with Crippen LogP contribution < -0.4 is 15.4 Å². The molecular weight excluding hydrogens is 603 g/mol. The largest absolute Gasteiger partial charge is 0.490 e. The molecule has 45 heavy (non-hydrogen) atoms. The number of ether oxygens (including phenoxy) is 2. The summed E-state index contributed by atoms with van der Waals surface area (Å²) in [5, 5.41) is 15.7. The van der Waals surface area contributed by atoms with Crippen LogP contribution in [0.1, 0.15) is 64.2 Å². The highest BCUT2D eigenvalue weighted by Crippen LogP contribution is 2.29. The topological polar surface area (TPSA) is 138 Å². The average molecular weight is 651 g/mol. The molecule has 0 unspecified atom stereocenters. The first kappa shape index (κ1) is 36.2. The Labute approximate surface area is 266 Å². The van der Waals surface area contributed by atoms with Gasteiger partial charge in [-0.15, -0.1) is 0 Å². The highest BCUT2D eigenvalue weighted by Gasteiger charge is 2.32. The van der Waals surface area contributed by atoms with Gasteiger partial charge >= 0.3 is 6.03 Å². The summed E-state index contributed by atoms with van der Waals surface area (Å²) in [7, 11) is -2.50. The van der Waals surface area contributed by atoms with E-state index in [1.54, 1.807) is 25.1 Å². The number of fused-ring (bicyclic) bond motifs is 1. The first-order valence-electron chi connectivity index (χ1n) is 15.4. The molecule has 0 aliphatic carbocycles. The van der Waals surface area contributed by atoms with Crippen molar-refractivity contribution in [2.24, 2.45) is 5.92 Å². The number of nitrogens with one attached hydrogen (secondary N) is 2. The van der Waals surface area contributed by atoms with Gasteiger partial charge in [0.1, 0.15) is 11.6 Å². The summed E-state index contributed by atoms with van der Waals surface area (Å²) < 4.78 is 53.7. The summed E-state index contributed by atoms with van der Waals surface area (Å²) in [6.45, 7) is 9.36. The minimum absolute atomic E-state index is 0.00839. The van der Waals surface area contributed by atoms with E-state index in [1.807, 2.05) is 27.7 Å². The van der Waals surface area contributed by atoms with E-state index in [0.717, 1.165) is 18.6 Å². The SMILES string of the molecule is CC(C)NC(=O)Nc1ccc2c(c1)C(=O)N([C@H](C)CO)C[C@@H](C)[C@H](CN(C)S(=O)(=O)c1ccc(F)cc1)OCCCC[C@H](C)O2. The number of hydrogen-bond donors (Lipinski definition) is 3. The number of carbonyl (C=O) groups is 2. The summed E-state index contributed by atoms with van der Waals surface area (Å²) in [5.74, 6) is -0.953. The van der Waals surface area contributed by atoms with Gasteiger partial charge in [-0.3, -0.25) is 4.79 Å². The van der Waals surface area contributed by atoms with Crippen LogP contribution in [0.15, 0.2) is 47.4 Å². The summed E-state index contributed by atoms with van der Waals surface area (Å²) in [5.41, 5.74) is 0.623. The summed E-state index contributed by atoms with van der Waals surface area (Å²) >= 11 is 0. The van der Waals surface area contributed by atoms with Crippen molar-refractivity contribution in [2.75, 3.05) is 38.7 Å². The molecule has 11 nitrogen and oxygen atoms in total. The smallest absolute Gasteiger partial charge is 0.319 e. The number of aliphatic hydroxyl groups excluding tert-OH is 1. The van der Waals surface area contributed by atoms with Crippen LogP contribution in [0.3, 0.4) is 0 Å². The first-order chi connectivity index (χ1) is 21.2. The molecule has 0 saturated heterocycles. The highest BCUT2D eigenvalue weighted by molar-refractivity contribution is 7.89. The van der Waals surface area contributed by atoms with Crippen molar-refractivity contribution in [2.45, 2.75) is 83.1 Å². The molecule has 3 N–H and O–H groups in total. The molecule has 4 atom stereocenters. The van der Waals surface area contributed by atoms with Crippen molar-refractivity contribution in [1.29, 1.82) is 0 Å². The van der Waals surface area contributed by atoms with Crippen LogP contribution in [-0.4, -0.2) is 92.3 Å². The molecule has 13 heteroatoms. The molecule has 3 rings (SSSR count). The summed E-state index contributed by atoms with van der Waals surface area (Å²) in [6, 6.07) is 8.44. The van der Waals surface area contributed by atoms with Crippen LogP contribution >= 0.6 is 0 Å². The molecule has 0 bridgehead atoms. The Kier molecular flexibility index (Phi) is 13.2. The van der Waals surface area contributed by atoms with Crippen molar-refractivity contribution in [1.82, 2.24) is 14.5 Å². The number of nitrogens with zero attached hydrogens (tertiary/aromatic N) is 2. The lowest BCUT2D eigenvalue weighted by Crippen LogP contribution is -2.48. The van der Waals surface area contributed by atoms with Crippen molar-refractivity contribution >= 4 is 27.6 Å². The second-order valence-electron chi connectivity index (χ2n) is 12.0. The van der Waals surface area contributed by atoms with Crippen molar-refractivity contribution in [3.8, 4) is 5.75 Å². The lowest BCUT2D eigenvalue weighted by Gasteiger charge is -2.35. The number of benzene rings is 2. The molecule has 0 fully saturated rings. The number of aliphatic hydroxyl groups is 1. The van der Waals surface area contributed by atoms with E-state index in [2.05, 4.69) is 10.6 Å². The van der Waals surface area contributed by atoms with Crippen molar-refractivity contribution in [3.63, 3.8) is 0 Å². The molecule has 0 spiro atoms. The molecule has 1 aliphatic rings. The van der Waals surface area contributed by atoms with E-state index in [1.165, 1.54) is 28.4 Å². The van der Waals surface area contributed by atoms with Gasteiger partial charge in [0.15, 0.2) is 0 Å². The third kappa shape index (κ3) is 10.1. The Morgan fingerprint density at radius 1 is 1.13 bits per heavy atom. The van der Waals surface area contributed by atoms with Crippen LogP contribution in [-0.2, 0) is 14.8 Å². The average Bonchev–Trinajstić information content (AvgIpc) is 2.98. The Hall–Kier alpha value is -3.26. The van der Waals surface area contributed by atoms with Crippen LogP contribution in [0.4, 0.5) is 14.9 Å². The number of anilines is 1. The Balaban J connectivity index is 1.96. The predicted octanol–water partition coefficient (Wildman–Crippen LogP) is 4.47. The monoisotopic (exact) mass is 650 g/mol. The molecule has 2 aromatic rings. The predicted molar refractivity (Wildman–Crippen MR) is 170 cm³/mol. The fourth-order valence-corrected chi connectivity index (χ4v) is 6.21. The van der Waals surface area contributed by atoms with Crippen LogP contribution in [0.5, 0.6) is 5.75 Å². The molecule has 1 heterocycles. The highest BCUT2D eigenvalue weighted by atomic mass is 32.2. The van der Waals surface area contributed by atoms with E-state index in [9.17, 15) is 27.5 Å². The standard InChI is InChI=1S/C32H47FN4O7S/c1-21(2)34-32(40)35-26-12-15-29-28(17-26)31(39)37(23(4)20-38)18-22(3)30(43-16-8-7-9-24(5)44-29)19-36(6)45(41,42)27-13-10-25(33)11-14-27/h10-15,17,21-24,30,38H,7-9,16,18-20H2,1-6H3,(H2,34,35,40)/t22-,23-,24+,30+/m1/s1. The van der Waals surface area contributed by atoms with Crippen molar-refractivity contribution < 1.29 is 37.0 Å². The molecule has 1 aliphatic heterocycles. The third-order valence-corrected chi connectivity index (χ3v) is 9.53.